The molecule has 0 spiro atoms. The number of hydrogen-bond acceptors (Lipinski definition) is 10. The van der Waals surface area contributed by atoms with Gasteiger partial charge in [-0.05, 0) is 37.1 Å². The molecule has 240 valence electrons. The van der Waals surface area contributed by atoms with Gasteiger partial charge >= 0.3 is 12.1 Å². The molecule has 2 atom stereocenters. The van der Waals surface area contributed by atoms with E-state index in [1.54, 1.807) is 13.3 Å². The highest BCUT2D eigenvalue weighted by Gasteiger charge is 2.47. The number of aromatic nitrogens is 4. The Morgan fingerprint density at radius 2 is 1.91 bits per heavy atom. The summed E-state index contributed by atoms with van der Waals surface area (Å²) < 4.78 is 61.7. The number of benzene rings is 2. The number of pyridine rings is 1. The summed E-state index contributed by atoms with van der Waals surface area (Å²) >= 11 is 1.26. The van der Waals surface area contributed by atoms with Crippen molar-refractivity contribution < 1.29 is 42.4 Å². The molecule has 46 heavy (non-hydrogen) atoms. The van der Waals surface area contributed by atoms with Crippen LogP contribution in [0.25, 0.3) is 31.7 Å². The van der Waals surface area contributed by atoms with E-state index in [1.165, 1.54) is 35.9 Å². The summed E-state index contributed by atoms with van der Waals surface area (Å²) in [6.45, 7) is 1.59. The van der Waals surface area contributed by atoms with Crippen LogP contribution in [0.4, 0.5) is 23.7 Å². The molecule has 0 aliphatic heterocycles. The number of aryl methyl sites for hydroxylation is 1. The van der Waals surface area contributed by atoms with Gasteiger partial charge in [0.2, 0.25) is 0 Å². The standard InChI is InChI=1S/C31H28F3N5O6S/c1-16-7-17-9-19(43-2)15-35-27(17)20(8-16)28-38-22-10-21(32)24(11-26(22)46-28)45-25-12-31(33,34)4-3-23(25)39(30(41)42)18-13-36-29(37-14-18)44-6-5-40/h7-11,13-15,23,25,40H,3-6,12H2,1-2H3,(H,41,42)/t23-,25+/m1/s1. The van der Waals surface area contributed by atoms with Crippen molar-refractivity contribution in [3.8, 4) is 28.1 Å². The second-order valence-electron chi connectivity index (χ2n) is 10.8. The number of amides is 1. The molecule has 0 radical (unpaired) electrons. The van der Waals surface area contributed by atoms with E-state index >= 15 is 4.39 Å². The average Bonchev–Trinajstić information content (AvgIpc) is 3.43. The molecule has 1 aliphatic rings. The summed E-state index contributed by atoms with van der Waals surface area (Å²) in [5.41, 5.74) is 2.71. The number of methoxy groups -OCH3 is 1. The number of carboxylic acid groups (broad SMARTS) is 1. The highest BCUT2D eigenvalue weighted by atomic mass is 32.1. The van der Waals surface area contributed by atoms with Gasteiger partial charge in [0, 0.05) is 29.5 Å². The van der Waals surface area contributed by atoms with E-state index < -0.39 is 42.8 Å². The molecule has 1 aliphatic carbocycles. The number of aliphatic hydroxyl groups excluding tert-OH is 1. The number of carbonyl (C=O) groups is 1. The van der Waals surface area contributed by atoms with Gasteiger partial charge in [0.15, 0.2) is 11.6 Å². The Morgan fingerprint density at radius 1 is 1.13 bits per heavy atom. The van der Waals surface area contributed by atoms with Gasteiger partial charge < -0.3 is 24.4 Å². The number of hydrogen-bond donors (Lipinski definition) is 2. The fourth-order valence-electron chi connectivity index (χ4n) is 5.53. The molecule has 3 aromatic heterocycles. The van der Waals surface area contributed by atoms with Crippen molar-refractivity contribution in [3.63, 3.8) is 0 Å². The smallest absolute Gasteiger partial charge is 0.412 e. The Morgan fingerprint density at radius 3 is 2.63 bits per heavy atom. The second kappa shape index (κ2) is 12.6. The molecule has 5 aromatic rings. The lowest BCUT2D eigenvalue weighted by molar-refractivity contribution is -0.0769. The predicted molar refractivity (Wildman–Crippen MR) is 164 cm³/mol. The van der Waals surface area contributed by atoms with Crippen LogP contribution in [0.3, 0.4) is 0 Å². The van der Waals surface area contributed by atoms with E-state index in [0.717, 1.165) is 21.4 Å². The number of rotatable bonds is 9. The van der Waals surface area contributed by atoms with Gasteiger partial charge in [0.05, 0.1) is 66.2 Å². The van der Waals surface area contributed by atoms with Gasteiger partial charge in [-0.15, -0.1) is 11.3 Å². The Bertz CT molecular complexity index is 1910. The largest absolute Gasteiger partial charge is 0.495 e. The minimum absolute atomic E-state index is 0.00713. The fourth-order valence-corrected chi connectivity index (χ4v) is 6.53. The summed E-state index contributed by atoms with van der Waals surface area (Å²) in [6.07, 6.45) is -0.617. The van der Waals surface area contributed by atoms with Gasteiger partial charge in [0.1, 0.15) is 23.5 Å². The number of thiazole rings is 1. The molecular formula is C31H28F3N5O6S. The zero-order chi connectivity index (χ0) is 32.6. The van der Waals surface area contributed by atoms with Gasteiger partial charge in [-0.3, -0.25) is 9.88 Å². The van der Waals surface area contributed by atoms with Crippen LogP contribution in [0.15, 0.2) is 48.9 Å². The molecule has 15 heteroatoms. The number of fused-ring (bicyclic) bond motifs is 2. The lowest BCUT2D eigenvalue weighted by Gasteiger charge is -2.40. The molecule has 0 saturated heterocycles. The summed E-state index contributed by atoms with van der Waals surface area (Å²) in [5, 5.41) is 20.4. The number of ether oxygens (including phenoxy) is 3. The Hall–Kier alpha value is -4.76. The third-order valence-electron chi connectivity index (χ3n) is 7.58. The zero-order valence-corrected chi connectivity index (χ0v) is 25.4. The van der Waals surface area contributed by atoms with Gasteiger partial charge in [-0.25, -0.2) is 32.9 Å². The number of nitrogens with zero attached hydrogens (tertiary/aromatic N) is 5. The van der Waals surface area contributed by atoms with Crippen LogP contribution in [0.2, 0.25) is 0 Å². The van der Waals surface area contributed by atoms with Crippen LogP contribution in [0.1, 0.15) is 24.8 Å². The van der Waals surface area contributed by atoms with Crippen LogP contribution < -0.4 is 19.1 Å². The molecule has 1 saturated carbocycles. The predicted octanol–water partition coefficient (Wildman–Crippen LogP) is 6.25. The van der Waals surface area contributed by atoms with Crippen molar-refractivity contribution in [1.29, 1.82) is 0 Å². The van der Waals surface area contributed by atoms with Crippen molar-refractivity contribution in [2.45, 2.75) is 44.3 Å². The van der Waals surface area contributed by atoms with E-state index in [-0.39, 0.29) is 37.1 Å². The highest BCUT2D eigenvalue weighted by molar-refractivity contribution is 7.21. The summed E-state index contributed by atoms with van der Waals surface area (Å²) in [4.78, 5) is 30.3. The van der Waals surface area contributed by atoms with Gasteiger partial charge in [-0.2, -0.15) is 0 Å². The minimum atomic E-state index is -3.16. The first-order valence-electron chi connectivity index (χ1n) is 14.2. The second-order valence-corrected chi connectivity index (χ2v) is 11.8. The maximum absolute atomic E-state index is 15.5. The molecule has 3 heterocycles. The maximum atomic E-state index is 15.5. The van der Waals surface area contributed by atoms with Crippen LogP contribution in [-0.2, 0) is 0 Å². The van der Waals surface area contributed by atoms with Gasteiger partial charge in [0.25, 0.3) is 5.92 Å². The summed E-state index contributed by atoms with van der Waals surface area (Å²) in [5.74, 6) is -3.70. The Balaban J connectivity index is 1.33. The highest BCUT2D eigenvalue weighted by Crippen LogP contribution is 2.41. The fraction of sp³-hybridized carbons (Fsp3) is 0.323. The monoisotopic (exact) mass is 655 g/mol. The van der Waals surface area contributed by atoms with E-state index in [2.05, 4.69) is 19.9 Å². The zero-order valence-electron chi connectivity index (χ0n) is 24.6. The van der Waals surface area contributed by atoms with E-state index in [4.69, 9.17) is 19.3 Å². The molecule has 1 amide bonds. The minimum Gasteiger partial charge on any atom is -0.495 e. The normalized spacial score (nSPS) is 17.6. The summed E-state index contributed by atoms with van der Waals surface area (Å²) in [7, 11) is 1.56. The van der Waals surface area contributed by atoms with E-state index in [9.17, 15) is 18.7 Å². The number of anilines is 1. The summed E-state index contributed by atoms with van der Waals surface area (Å²) in [6, 6.07) is 7.11. The molecule has 6 rings (SSSR count). The van der Waals surface area contributed by atoms with Crippen molar-refractivity contribution in [1.82, 2.24) is 19.9 Å². The third-order valence-corrected chi connectivity index (χ3v) is 8.63. The number of alkyl halides is 2. The molecule has 11 nitrogen and oxygen atoms in total. The average molecular weight is 656 g/mol. The molecule has 0 bridgehead atoms. The van der Waals surface area contributed by atoms with Gasteiger partial charge in [-0.1, -0.05) is 0 Å². The lowest BCUT2D eigenvalue weighted by Crippen LogP contribution is -2.54. The van der Waals surface area contributed by atoms with E-state index in [1.807, 2.05) is 25.1 Å². The van der Waals surface area contributed by atoms with Crippen molar-refractivity contribution in [2.24, 2.45) is 0 Å². The van der Waals surface area contributed by atoms with Crippen LogP contribution in [-0.4, -0.2) is 74.6 Å². The lowest BCUT2D eigenvalue weighted by atomic mass is 9.88. The maximum Gasteiger partial charge on any atom is 0.412 e. The van der Waals surface area contributed by atoms with Crippen LogP contribution in [0, 0.1) is 12.7 Å². The third kappa shape index (κ3) is 6.33. The van der Waals surface area contributed by atoms with Crippen molar-refractivity contribution in [2.75, 3.05) is 25.2 Å². The number of aliphatic hydroxyl groups is 1. The topological polar surface area (TPSA) is 140 Å². The molecule has 0 unspecified atom stereocenters. The van der Waals surface area contributed by atoms with Crippen LogP contribution >= 0.6 is 11.3 Å². The first kappa shape index (κ1) is 31.2. The molecule has 1 fully saturated rings. The van der Waals surface area contributed by atoms with Crippen molar-refractivity contribution >= 4 is 44.2 Å². The Kier molecular flexibility index (Phi) is 8.53. The number of halogens is 3. The molecule has 2 N–H and O–H groups in total. The SMILES string of the molecule is COc1cnc2c(-c3nc4cc(F)c(O[C@H]5CC(F)(F)CC[C@H]5N(C(=O)O)c5cnc(OCCO)nc5)cc4s3)cc(C)cc2c1. The Labute approximate surface area is 264 Å². The molecular weight excluding hydrogens is 627 g/mol. The quantitative estimate of drug-likeness (QED) is 0.187. The van der Waals surface area contributed by atoms with E-state index in [0.29, 0.717) is 26.5 Å². The van der Waals surface area contributed by atoms with Crippen molar-refractivity contribution in [3.05, 3.63) is 60.3 Å². The first-order valence-corrected chi connectivity index (χ1v) is 15.0. The molecule has 2 aromatic carbocycles. The van der Waals surface area contributed by atoms with Crippen LogP contribution in [0.5, 0.6) is 17.5 Å². The first-order chi connectivity index (χ1) is 22.0.